The largest absolute Gasteiger partial charge is 0.313 e. The summed E-state index contributed by atoms with van der Waals surface area (Å²) in [6.07, 6.45) is 0.0294. The lowest BCUT2D eigenvalue weighted by atomic mass is 10.2. The van der Waals surface area contributed by atoms with Gasteiger partial charge in [-0.1, -0.05) is 0 Å². The van der Waals surface area contributed by atoms with Crippen molar-refractivity contribution in [3.05, 3.63) is 0 Å². The standard InChI is InChI=1S/C7H14N2O2/c1-8-4-6(10)3-7(11)5-9-2/h8-9H,3-5H2,1-2H3. The molecule has 0 aromatic rings. The first-order chi connectivity index (χ1) is 5.20. The Labute approximate surface area is 66.4 Å². The average molecular weight is 158 g/mol. The van der Waals surface area contributed by atoms with Crippen LogP contribution < -0.4 is 10.6 Å². The number of rotatable bonds is 6. The van der Waals surface area contributed by atoms with Crippen molar-refractivity contribution in [2.24, 2.45) is 0 Å². The number of likely N-dealkylation sites (N-methyl/N-ethyl adjacent to an activating group) is 2. The van der Waals surface area contributed by atoms with Crippen molar-refractivity contribution in [3.8, 4) is 0 Å². The molecule has 0 atom stereocenters. The van der Waals surface area contributed by atoms with Gasteiger partial charge < -0.3 is 10.6 Å². The van der Waals surface area contributed by atoms with Crippen LogP contribution in [0.4, 0.5) is 0 Å². The minimum absolute atomic E-state index is 0.0294. The third-order valence-electron chi connectivity index (χ3n) is 1.14. The molecule has 0 aromatic carbocycles. The Balaban J connectivity index is 3.49. The van der Waals surface area contributed by atoms with Gasteiger partial charge in [0.25, 0.3) is 0 Å². The molecule has 0 aliphatic carbocycles. The number of carbonyl (C=O) groups is 2. The minimum Gasteiger partial charge on any atom is -0.313 e. The van der Waals surface area contributed by atoms with Crippen molar-refractivity contribution < 1.29 is 9.59 Å². The van der Waals surface area contributed by atoms with E-state index in [0.29, 0.717) is 0 Å². The Hall–Kier alpha value is -0.740. The fourth-order valence-corrected chi connectivity index (χ4v) is 0.739. The predicted octanol–water partition coefficient (Wildman–Crippen LogP) is -1.05. The van der Waals surface area contributed by atoms with E-state index in [1.54, 1.807) is 14.1 Å². The number of hydrogen-bond donors (Lipinski definition) is 2. The van der Waals surface area contributed by atoms with Crippen molar-refractivity contribution in [3.63, 3.8) is 0 Å². The Morgan fingerprint density at radius 1 is 1.00 bits per heavy atom. The SMILES string of the molecule is CNCC(=O)CC(=O)CNC. The van der Waals surface area contributed by atoms with Gasteiger partial charge >= 0.3 is 0 Å². The van der Waals surface area contributed by atoms with E-state index in [1.165, 1.54) is 0 Å². The second-order valence-corrected chi connectivity index (χ2v) is 2.31. The molecule has 0 saturated carbocycles. The van der Waals surface area contributed by atoms with Crippen LogP contribution in [0.1, 0.15) is 6.42 Å². The fourth-order valence-electron chi connectivity index (χ4n) is 0.739. The monoisotopic (exact) mass is 158 g/mol. The highest BCUT2D eigenvalue weighted by atomic mass is 16.1. The summed E-state index contributed by atoms with van der Waals surface area (Å²) >= 11 is 0. The van der Waals surface area contributed by atoms with Gasteiger partial charge in [0.2, 0.25) is 0 Å². The minimum atomic E-state index is -0.0623. The lowest BCUT2D eigenvalue weighted by Gasteiger charge is -1.98. The molecule has 0 radical (unpaired) electrons. The first-order valence-electron chi connectivity index (χ1n) is 3.53. The summed E-state index contributed by atoms with van der Waals surface area (Å²) in [5.74, 6) is -0.125. The van der Waals surface area contributed by atoms with Crippen molar-refractivity contribution in [2.75, 3.05) is 27.2 Å². The third-order valence-corrected chi connectivity index (χ3v) is 1.14. The molecular weight excluding hydrogens is 144 g/mol. The average Bonchev–Trinajstić information content (AvgIpc) is 1.87. The van der Waals surface area contributed by atoms with Crippen LogP contribution in [0.2, 0.25) is 0 Å². The number of ketones is 2. The summed E-state index contributed by atoms with van der Waals surface area (Å²) in [6.45, 7) is 0.547. The lowest BCUT2D eigenvalue weighted by molar-refractivity contribution is -0.125. The van der Waals surface area contributed by atoms with Gasteiger partial charge in [-0.05, 0) is 14.1 Å². The van der Waals surface area contributed by atoms with E-state index >= 15 is 0 Å². The van der Waals surface area contributed by atoms with Gasteiger partial charge in [-0.3, -0.25) is 9.59 Å². The highest BCUT2D eigenvalue weighted by Gasteiger charge is 2.06. The Morgan fingerprint density at radius 2 is 1.36 bits per heavy atom. The van der Waals surface area contributed by atoms with Gasteiger partial charge in [0.1, 0.15) is 0 Å². The van der Waals surface area contributed by atoms with E-state index in [0.717, 1.165) is 0 Å². The predicted molar refractivity (Wildman–Crippen MR) is 42.5 cm³/mol. The maximum absolute atomic E-state index is 10.8. The number of Topliss-reactive ketones (excluding diaryl/α,β-unsaturated/α-hetero) is 2. The molecule has 0 heterocycles. The Bertz CT molecular complexity index is 129. The molecule has 0 saturated heterocycles. The summed E-state index contributed by atoms with van der Waals surface area (Å²) in [5, 5.41) is 5.39. The summed E-state index contributed by atoms with van der Waals surface area (Å²) in [7, 11) is 3.36. The zero-order valence-electron chi connectivity index (χ0n) is 6.94. The van der Waals surface area contributed by atoms with Gasteiger partial charge in [0.05, 0.1) is 19.5 Å². The molecule has 0 spiro atoms. The molecule has 0 amide bonds. The Morgan fingerprint density at radius 3 is 1.64 bits per heavy atom. The highest BCUT2D eigenvalue weighted by molar-refractivity contribution is 6.00. The van der Waals surface area contributed by atoms with Crippen LogP contribution in [0, 0.1) is 0 Å². The van der Waals surface area contributed by atoms with Crippen molar-refractivity contribution in [1.82, 2.24) is 10.6 Å². The topological polar surface area (TPSA) is 58.2 Å². The Kier molecular flexibility index (Phi) is 5.60. The highest BCUT2D eigenvalue weighted by Crippen LogP contribution is 1.83. The van der Waals surface area contributed by atoms with Crippen LogP contribution in [-0.4, -0.2) is 38.8 Å². The normalized spacial score (nSPS) is 9.64. The van der Waals surface area contributed by atoms with Crippen LogP contribution in [0.25, 0.3) is 0 Å². The lowest BCUT2D eigenvalue weighted by Crippen LogP contribution is -2.25. The number of carbonyl (C=O) groups excluding carboxylic acids is 2. The maximum Gasteiger partial charge on any atom is 0.154 e. The zero-order valence-corrected chi connectivity index (χ0v) is 6.94. The van der Waals surface area contributed by atoms with Gasteiger partial charge in [-0.15, -0.1) is 0 Å². The molecule has 2 N–H and O–H groups in total. The van der Waals surface area contributed by atoms with Crippen molar-refractivity contribution >= 4 is 11.6 Å². The summed E-state index contributed by atoms with van der Waals surface area (Å²) in [6, 6.07) is 0. The van der Waals surface area contributed by atoms with E-state index < -0.39 is 0 Å². The van der Waals surface area contributed by atoms with E-state index in [4.69, 9.17) is 0 Å². The van der Waals surface area contributed by atoms with Gasteiger partial charge in [0.15, 0.2) is 11.6 Å². The van der Waals surface area contributed by atoms with Crippen molar-refractivity contribution in [1.29, 1.82) is 0 Å². The van der Waals surface area contributed by atoms with Crippen LogP contribution in [0.3, 0.4) is 0 Å². The smallest absolute Gasteiger partial charge is 0.154 e. The third kappa shape index (κ3) is 5.69. The first kappa shape index (κ1) is 10.3. The first-order valence-corrected chi connectivity index (χ1v) is 3.53. The van der Waals surface area contributed by atoms with Gasteiger partial charge in [0, 0.05) is 0 Å². The van der Waals surface area contributed by atoms with E-state index in [-0.39, 0.29) is 31.1 Å². The molecule has 0 fully saturated rings. The number of nitrogens with one attached hydrogen (secondary N) is 2. The zero-order chi connectivity index (χ0) is 8.69. The molecule has 0 bridgehead atoms. The van der Waals surface area contributed by atoms with E-state index in [1.807, 2.05) is 0 Å². The molecule has 0 aliphatic rings. The molecular formula is C7H14N2O2. The molecule has 0 aromatic heterocycles. The van der Waals surface area contributed by atoms with E-state index in [2.05, 4.69) is 10.6 Å². The second kappa shape index (κ2) is 6.00. The summed E-state index contributed by atoms with van der Waals surface area (Å²) in [5.41, 5.74) is 0. The van der Waals surface area contributed by atoms with Gasteiger partial charge in [-0.2, -0.15) is 0 Å². The summed E-state index contributed by atoms with van der Waals surface area (Å²) < 4.78 is 0. The molecule has 0 aliphatic heterocycles. The van der Waals surface area contributed by atoms with Gasteiger partial charge in [-0.25, -0.2) is 0 Å². The molecule has 0 rings (SSSR count). The second-order valence-electron chi connectivity index (χ2n) is 2.31. The maximum atomic E-state index is 10.8. The quantitative estimate of drug-likeness (QED) is 0.484. The summed E-state index contributed by atoms with van der Waals surface area (Å²) in [4.78, 5) is 21.6. The fraction of sp³-hybridized carbons (Fsp3) is 0.714. The molecule has 64 valence electrons. The van der Waals surface area contributed by atoms with Crippen LogP contribution in [0.5, 0.6) is 0 Å². The van der Waals surface area contributed by atoms with Crippen LogP contribution >= 0.6 is 0 Å². The van der Waals surface area contributed by atoms with E-state index in [9.17, 15) is 9.59 Å². The molecule has 4 nitrogen and oxygen atoms in total. The molecule has 0 unspecified atom stereocenters. The van der Waals surface area contributed by atoms with Crippen LogP contribution in [-0.2, 0) is 9.59 Å². The van der Waals surface area contributed by atoms with Crippen LogP contribution in [0.15, 0.2) is 0 Å². The van der Waals surface area contributed by atoms with Crippen molar-refractivity contribution in [2.45, 2.75) is 6.42 Å². The molecule has 11 heavy (non-hydrogen) atoms. The number of hydrogen-bond acceptors (Lipinski definition) is 4. The molecule has 4 heteroatoms.